The number of carbonyl (C=O) groups excluding carboxylic acids is 2. The molecule has 18 heavy (non-hydrogen) atoms. The summed E-state index contributed by atoms with van der Waals surface area (Å²) in [5.41, 5.74) is 1.81. The molecule has 0 bridgehead atoms. The standard InChI is InChI=1S/C13H13NO4/c1-3-17-13(16)12-10(14-7-15)9-6-4-5-8(2)11(9)18-12/h4-7H,3H2,1-2H3,(H,14,15). The van der Waals surface area contributed by atoms with Crippen molar-refractivity contribution in [2.45, 2.75) is 13.8 Å². The molecular formula is C13H13NO4. The minimum atomic E-state index is -0.586. The quantitative estimate of drug-likeness (QED) is 0.665. The van der Waals surface area contributed by atoms with Crippen LogP contribution in [-0.4, -0.2) is 19.0 Å². The zero-order valence-electron chi connectivity index (χ0n) is 10.1. The molecule has 1 aromatic carbocycles. The van der Waals surface area contributed by atoms with Gasteiger partial charge in [-0.25, -0.2) is 4.79 Å². The summed E-state index contributed by atoms with van der Waals surface area (Å²) >= 11 is 0. The van der Waals surface area contributed by atoms with Crippen molar-refractivity contribution in [3.63, 3.8) is 0 Å². The van der Waals surface area contributed by atoms with Gasteiger partial charge >= 0.3 is 5.97 Å². The van der Waals surface area contributed by atoms with Gasteiger partial charge < -0.3 is 14.5 Å². The molecular weight excluding hydrogens is 234 g/mol. The maximum atomic E-state index is 11.7. The Kier molecular flexibility index (Phi) is 3.32. The van der Waals surface area contributed by atoms with Crippen molar-refractivity contribution >= 4 is 29.0 Å². The van der Waals surface area contributed by atoms with E-state index in [9.17, 15) is 9.59 Å². The molecule has 0 aliphatic rings. The molecule has 5 heteroatoms. The number of hydrogen-bond donors (Lipinski definition) is 1. The molecule has 5 nitrogen and oxygen atoms in total. The second kappa shape index (κ2) is 4.91. The van der Waals surface area contributed by atoms with Gasteiger partial charge in [0.2, 0.25) is 12.2 Å². The Morgan fingerprint density at radius 3 is 2.94 bits per heavy atom. The summed E-state index contributed by atoms with van der Waals surface area (Å²) in [6.45, 7) is 3.82. The fraction of sp³-hybridized carbons (Fsp3) is 0.231. The number of amides is 1. The first-order valence-electron chi connectivity index (χ1n) is 5.58. The van der Waals surface area contributed by atoms with Crippen LogP contribution in [0, 0.1) is 6.92 Å². The average molecular weight is 247 g/mol. The van der Waals surface area contributed by atoms with Gasteiger partial charge in [-0.2, -0.15) is 0 Å². The van der Waals surface area contributed by atoms with Gasteiger partial charge in [0, 0.05) is 5.39 Å². The molecule has 94 valence electrons. The summed E-state index contributed by atoms with van der Waals surface area (Å²) in [4.78, 5) is 22.4. The number of fused-ring (bicyclic) bond motifs is 1. The molecule has 2 rings (SSSR count). The zero-order chi connectivity index (χ0) is 13.1. The first kappa shape index (κ1) is 12.2. The van der Waals surface area contributed by atoms with Gasteiger partial charge in [-0.05, 0) is 25.5 Å². The Hall–Kier alpha value is -2.30. The molecule has 0 unspecified atom stereocenters. The van der Waals surface area contributed by atoms with Crippen molar-refractivity contribution in [3.05, 3.63) is 29.5 Å². The Labute approximate surface area is 104 Å². The van der Waals surface area contributed by atoms with Crippen molar-refractivity contribution in [2.75, 3.05) is 11.9 Å². The zero-order valence-corrected chi connectivity index (χ0v) is 10.1. The molecule has 1 amide bonds. The highest BCUT2D eigenvalue weighted by Gasteiger charge is 2.22. The lowest BCUT2D eigenvalue weighted by Crippen LogP contribution is -2.06. The van der Waals surface area contributed by atoms with Crippen LogP contribution in [0.4, 0.5) is 5.69 Å². The Bertz CT molecular complexity index is 600. The minimum absolute atomic E-state index is 0.0215. The lowest BCUT2D eigenvalue weighted by atomic mass is 10.1. The van der Waals surface area contributed by atoms with Crippen molar-refractivity contribution in [1.82, 2.24) is 0 Å². The summed E-state index contributed by atoms with van der Waals surface area (Å²) in [5.74, 6) is -0.564. The van der Waals surface area contributed by atoms with Crippen LogP contribution >= 0.6 is 0 Å². The molecule has 0 atom stereocenters. The van der Waals surface area contributed by atoms with Gasteiger partial charge in [0.1, 0.15) is 11.3 Å². The number of hydrogen-bond acceptors (Lipinski definition) is 4. The smallest absolute Gasteiger partial charge is 0.376 e. The average Bonchev–Trinajstić information content (AvgIpc) is 2.71. The van der Waals surface area contributed by atoms with E-state index < -0.39 is 5.97 Å². The number of rotatable bonds is 4. The van der Waals surface area contributed by atoms with Crippen molar-refractivity contribution in [2.24, 2.45) is 0 Å². The number of aryl methyl sites for hydroxylation is 1. The summed E-state index contributed by atoms with van der Waals surface area (Å²) in [7, 11) is 0. The fourth-order valence-corrected chi connectivity index (χ4v) is 1.80. The Morgan fingerprint density at radius 1 is 1.50 bits per heavy atom. The molecule has 2 aromatic rings. The summed E-state index contributed by atoms with van der Waals surface area (Å²) < 4.78 is 10.4. The molecule has 0 fully saturated rings. The van der Waals surface area contributed by atoms with Gasteiger partial charge in [0.05, 0.1) is 6.61 Å². The predicted molar refractivity (Wildman–Crippen MR) is 66.6 cm³/mol. The highest BCUT2D eigenvalue weighted by molar-refractivity contribution is 6.07. The van der Waals surface area contributed by atoms with Crippen molar-refractivity contribution in [3.8, 4) is 0 Å². The van der Waals surface area contributed by atoms with E-state index in [0.717, 1.165) is 5.56 Å². The first-order valence-corrected chi connectivity index (χ1v) is 5.58. The summed E-state index contributed by atoms with van der Waals surface area (Å²) in [5, 5.41) is 3.18. The van der Waals surface area contributed by atoms with Crippen LogP contribution in [0.5, 0.6) is 0 Å². The monoisotopic (exact) mass is 247 g/mol. The fourth-order valence-electron chi connectivity index (χ4n) is 1.80. The second-order valence-electron chi connectivity index (χ2n) is 3.74. The van der Waals surface area contributed by atoms with Crippen LogP contribution in [0.15, 0.2) is 22.6 Å². The second-order valence-corrected chi connectivity index (χ2v) is 3.74. The normalized spacial score (nSPS) is 10.3. The molecule has 1 heterocycles. The van der Waals surface area contributed by atoms with E-state index in [-0.39, 0.29) is 12.4 Å². The third kappa shape index (κ3) is 1.95. The summed E-state index contributed by atoms with van der Waals surface area (Å²) in [6, 6.07) is 5.48. The maximum Gasteiger partial charge on any atom is 0.376 e. The first-order chi connectivity index (χ1) is 8.69. The van der Waals surface area contributed by atoms with E-state index in [4.69, 9.17) is 9.15 Å². The van der Waals surface area contributed by atoms with Crippen LogP contribution in [0.3, 0.4) is 0 Å². The van der Waals surface area contributed by atoms with Crippen molar-refractivity contribution < 1.29 is 18.7 Å². The lowest BCUT2D eigenvalue weighted by Gasteiger charge is -2.00. The van der Waals surface area contributed by atoms with E-state index in [1.165, 1.54) is 0 Å². The Morgan fingerprint density at radius 2 is 2.28 bits per heavy atom. The Balaban J connectivity index is 2.64. The van der Waals surface area contributed by atoms with Gasteiger partial charge in [0.25, 0.3) is 0 Å². The van der Waals surface area contributed by atoms with Crippen molar-refractivity contribution in [1.29, 1.82) is 0 Å². The van der Waals surface area contributed by atoms with Crippen LogP contribution in [0.2, 0.25) is 0 Å². The molecule has 0 saturated heterocycles. The van der Waals surface area contributed by atoms with Crippen LogP contribution in [0.1, 0.15) is 23.0 Å². The van der Waals surface area contributed by atoms with Gasteiger partial charge in [-0.1, -0.05) is 12.1 Å². The van der Waals surface area contributed by atoms with E-state index in [0.29, 0.717) is 23.1 Å². The van der Waals surface area contributed by atoms with Gasteiger partial charge in [-0.15, -0.1) is 0 Å². The molecule has 0 spiro atoms. The topological polar surface area (TPSA) is 68.5 Å². The predicted octanol–water partition coefficient (Wildman–Crippen LogP) is 2.49. The number of benzene rings is 1. The SMILES string of the molecule is CCOC(=O)c1oc2c(C)cccc2c1NC=O. The van der Waals surface area contributed by atoms with Crippen LogP contribution in [0.25, 0.3) is 11.0 Å². The number of para-hydroxylation sites is 1. The number of nitrogens with one attached hydrogen (secondary N) is 1. The van der Waals surface area contributed by atoms with E-state index in [2.05, 4.69) is 5.32 Å². The molecule has 1 N–H and O–H groups in total. The number of esters is 1. The molecule has 1 aromatic heterocycles. The molecule has 0 aliphatic heterocycles. The largest absolute Gasteiger partial charge is 0.460 e. The number of furan rings is 1. The summed E-state index contributed by atoms with van der Waals surface area (Å²) in [6.07, 6.45) is 0.509. The highest BCUT2D eigenvalue weighted by Crippen LogP contribution is 2.32. The minimum Gasteiger partial charge on any atom is -0.460 e. The highest BCUT2D eigenvalue weighted by atomic mass is 16.5. The van der Waals surface area contributed by atoms with Gasteiger partial charge in [-0.3, -0.25) is 4.79 Å². The van der Waals surface area contributed by atoms with E-state index >= 15 is 0 Å². The lowest BCUT2D eigenvalue weighted by molar-refractivity contribution is -0.105. The number of ether oxygens (including phenoxy) is 1. The third-order valence-electron chi connectivity index (χ3n) is 2.58. The van der Waals surface area contributed by atoms with Crippen LogP contribution in [-0.2, 0) is 9.53 Å². The number of anilines is 1. The maximum absolute atomic E-state index is 11.7. The molecule has 0 saturated carbocycles. The third-order valence-corrected chi connectivity index (χ3v) is 2.58. The molecule has 0 radical (unpaired) electrons. The van der Waals surface area contributed by atoms with Crippen LogP contribution < -0.4 is 5.32 Å². The number of carbonyl (C=O) groups is 2. The van der Waals surface area contributed by atoms with Gasteiger partial charge in [0.15, 0.2) is 0 Å². The molecule has 0 aliphatic carbocycles. The van der Waals surface area contributed by atoms with E-state index in [1.54, 1.807) is 13.0 Å². The van der Waals surface area contributed by atoms with E-state index in [1.807, 2.05) is 19.1 Å².